The third-order valence-electron chi connectivity index (χ3n) is 3.35. The summed E-state index contributed by atoms with van der Waals surface area (Å²) in [5.74, 6) is 0.209. The van der Waals surface area contributed by atoms with Gasteiger partial charge in [-0.15, -0.1) is 0 Å². The van der Waals surface area contributed by atoms with Crippen molar-refractivity contribution in [3.05, 3.63) is 28.3 Å². The van der Waals surface area contributed by atoms with Gasteiger partial charge in [0.2, 0.25) is 10.0 Å². The van der Waals surface area contributed by atoms with Gasteiger partial charge >= 0.3 is 0 Å². The first-order valence-electron chi connectivity index (χ1n) is 6.63. The van der Waals surface area contributed by atoms with Crippen LogP contribution in [0.25, 0.3) is 0 Å². The standard InChI is InChI=1S/C13H15N3O5S/c1-21-11-5-6-13(12(9-11)16(17)18)22(19,20)15(8-2-7-14)10-3-4-10/h5-6,9-10H,2-4,8H2,1H3. The number of methoxy groups -OCH3 is 1. The molecule has 1 aromatic carbocycles. The lowest BCUT2D eigenvalue weighted by atomic mass is 10.3. The molecule has 0 N–H and O–H groups in total. The fourth-order valence-electron chi connectivity index (χ4n) is 2.13. The minimum absolute atomic E-state index is 0.0344. The van der Waals surface area contributed by atoms with E-state index < -0.39 is 20.6 Å². The van der Waals surface area contributed by atoms with E-state index >= 15 is 0 Å². The van der Waals surface area contributed by atoms with Crippen molar-refractivity contribution in [3.63, 3.8) is 0 Å². The second-order valence-corrected chi connectivity index (χ2v) is 6.70. The minimum Gasteiger partial charge on any atom is -0.497 e. The number of nitro benzene ring substituents is 1. The van der Waals surface area contributed by atoms with Crippen molar-refractivity contribution >= 4 is 15.7 Å². The lowest BCUT2D eigenvalue weighted by Gasteiger charge is -2.20. The Kier molecular flexibility index (Phi) is 4.63. The molecule has 0 radical (unpaired) electrons. The van der Waals surface area contributed by atoms with Crippen LogP contribution in [0.1, 0.15) is 19.3 Å². The lowest BCUT2D eigenvalue weighted by molar-refractivity contribution is -0.387. The summed E-state index contributed by atoms with van der Waals surface area (Å²) in [6.07, 6.45) is 1.45. The maximum absolute atomic E-state index is 12.7. The number of rotatable bonds is 7. The highest BCUT2D eigenvalue weighted by molar-refractivity contribution is 7.89. The summed E-state index contributed by atoms with van der Waals surface area (Å²) in [4.78, 5) is 10.1. The first-order valence-corrected chi connectivity index (χ1v) is 8.07. The van der Waals surface area contributed by atoms with Gasteiger partial charge in [-0.25, -0.2) is 8.42 Å². The number of hydrogen-bond acceptors (Lipinski definition) is 6. The third kappa shape index (κ3) is 3.18. The Balaban J connectivity index is 2.47. The predicted octanol–water partition coefficient (Wildman–Crippen LogP) is 1.67. The molecule has 22 heavy (non-hydrogen) atoms. The van der Waals surface area contributed by atoms with E-state index in [0.29, 0.717) is 12.8 Å². The van der Waals surface area contributed by atoms with Crippen LogP contribution in [-0.2, 0) is 10.0 Å². The normalized spacial score (nSPS) is 14.6. The highest BCUT2D eigenvalue weighted by Gasteiger charge is 2.40. The van der Waals surface area contributed by atoms with Gasteiger partial charge in [0.15, 0.2) is 4.90 Å². The van der Waals surface area contributed by atoms with Gasteiger partial charge < -0.3 is 4.74 Å². The van der Waals surface area contributed by atoms with Crippen LogP contribution in [0.15, 0.2) is 23.1 Å². The van der Waals surface area contributed by atoms with Gasteiger partial charge in [0.25, 0.3) is 5.69 Å². The van der Waals surface area contributed by atoms with E-state index in [1.54, 1.807) is 0 Å². The van der Waals surface area contributed by atoms with E-state index in [2.05, 4.69) is 0 Å². The third-order valence-corrected chi connectivity index (χ3v) is 5.35. The van der Waals surface area contributed by atoms with E-state index in [1.807, 2.05) is 6.07 Å². The van der Waals surface area contributed by atoms with Crippen LogP contribution in [0.3, 0.4) is 0 Å². The Morgan fingerprint density at radius 1 is 1.50 bits per heavy atom. The van der Waals surface area contributed by atoms with Crippen LogP contribution in [0.2, 0.25) is 0 Å². The molecule has 0 amide bonds. The molecule has 8 nitrogen and oxygen atoms in total. The van der Waals surface area contributed by atoms with Crippen LogP contribution in [0.4, 0.5) is 5.69 Å². The number of sulfonamides is 1. The summed E-state index contributed by atoms with van der Waals surface area (Å²) in [6.45, 7) is 0.0344. The van der Waals surface area contributed by atoms with Crippen molar-refractivity contribution in [1.82, 2.24) is 4.31 Å². The molecular formula is C13H15N3O5S. The average Bonchev–Trinajstić information content (AvgIpc) is 3.31. The Bertz CT molecular complexity index is 722. The predicted molar refractivity (Wildman–Crippen MR) is 76.8 cm³/mol. The average molecular weight is 325 g/mol. The second kappa shape index (κ2) is 6.29. The topological polar surface area (TPSA) is 114 Å². The lowest BCUT2D eigenvalue weighted by Crippen LogP contribution is -2.34. The van der Waals surface area contributed by atoms with Crippen LogP contribution in [0, 0.1) is 21.4 Å². The quantitative estimate of drug-likeness (QED) is 0.556. The fourth-order valence-corrected chi connectivity index (χ4v) is 3.96. The molecule has 1 aliphatic carbocycles. The molecule has 0 heterocycles. The SMILES string of the molecule is COc1ccc(S(=O)(=O)N(CCC#N)C2CC2)c([N+](=O)[O-])c1. The number of hydrogen-bond donors (Lipinski definition) is 0. The van der Waals surface area contributed by atoms with Crippen LogP contribution >= 0.6 is 0 Å². The van der Waals surface area contributed by atoms with E-state index in [-0.39, 0.29) is 29.7 Å². The molecule has 0 aromatic heterocycles. The zero-order valence-corrected chi connectivity index (χ0v) is 12.7. The van der Waals surface area contributed by atoms with Gasteiger partial charge in [0.05, 0.1) is 24.2 Å². The molecule has 118 valence electrons. The summed E-state index contributed by atoms with van der Waals surface area (Å²) in [6, 6.07) is 5.35. The first kappa shape index (κ1) is 16.2. The molecule has 0 unspecified atom stereocenters. The molecule has 0 bridgehead atoms. The van der Waals surface area contributed by atoms with Crippen LogP contribution in [-0.4, -0.2) is 37.3 Å². The molecule has 9 heteroatoms. The molecular weight excluding hydrogens is 310 g/mol. The molecule has 1 fully saturated rings. The minimum atomic E-state index is -4.03. The summed E-state index contributed by atoms with van der Waals surface area (Å²) in [5.41, 5.74) is -0.526. The van der Waals surface area contributed by atoms with Crippen LogP contribution < -0.4 is 4.74 Å². The van der Waals surface area contributed by atoms with Crippen molar-refractivity contribution in [3.8, 4) is 11.8 Å². The number of benzene rings is 1. The van der Waals surface area contributed by atoms with E-state index in [9.17, 15) is 18.5 Å². The van der Waals surface area contributed by atoms with Gasteiger partial charge in [-0.2, -0.15) is 9.57 Å². The first-order chi connectivity index (χ1) is 10.4. The van der Waals surface area contributed by atoms with Crippen molar-refractivity contribution in [2.24, 2.45) is 0 Å². The highest BCUT2D eigenvalue weighted by atomic mass is 32.2. The van der Waals surface area contributed by atoms with Gasteiger partial charge in [0.1, 0.15) is 5.75 Å². The summed E-state index contributed by atoms with van der Waals surface area (Å²) in [7, 11) is -2.68. The van der Waals surface area contributed by atoms with Gasteiger partial charge in [-0.3, -0.25) is 10.1 Å². The van der Waals surface area contributed by atoms with E-state index in [1.165, 1.54) is 23.5 Å². The molecule has 0 atom stereocenters. The second-order valence-electron chi connectivity index (χ2n) is 4.85. The van der Waals surface area contributed by atoms with Crippen molar-refractivity contribution in [2.75, 3.05) is 13.7 Å². The molecule has 1 aromatic rings. The van der Waals surface area contributed by atoms with Gasteiger partial charge in [0, 0.05) is 19.0 Å². The van der Waals surface area contributed by atoms with Crippen LogP contribution in [0.5, 0.6) is 5.75 Å². The van der Waals surface area contributed by atoms with Gasteiger partial charge in [-0.1, -0.05) is 0 Å². The molecule has 1 saturated carbocycles. The van der Waals surface area contributed by atoms with Gasteiger partial charge in [-0.05, 0) is 25.0 Å². The smallest absolute Gasteiger partial charge is 0.293 e. The zero-order chi connectivity index (χ0) is 16.3. The van der Waals surface area contributed by atoms with E-state index in [0.717, 1.165) is 6.07 Å². The molecule has 0 spiro atoms. The molecule has 1 aliphatic rings. The Hall–Kier alpha value is -2.18. The van der Waals surface area contributed by atoms with Crippen molar-refractivity contribution < 1.29 is 18.1 Å². The molecule has 2 rings (SSSR count). The summed E-state index contributed by atoms with van der Waals surface area (Å²) >= 11 is 0. The highest BCUT2D eigenvalue weighted by Crippen LogP contribution is 2.36. The Labute approximate surface area is 128 Å². The Morgan fingerprint density at radius 2 is 2.18 bits per heavy atom. The van der Waals surface area contributed by atoms with Crippen molar-refractivity contribution in [1.29, 1.82) is 5.26 Å². The Morgan fingerprint density at radius 3 is 2.68 bits per heavy atom. The molecule has 0 saturated heterocycles. The number of nitrogens with zero attached hydrogens (tertiary/aromatic N) is 3. The maximum atomic E-state index is 12.7. The fraction of sp³-hybridized carbons (Fsp3) is 0.462. The van der Waals surface area contributed by atoms with E-state index in [4.69, 9.17) is 10.00 Å². The molecule has 0 aliphatic heterocycles. The van der Waals surface area contributed by atoms with Crippen molar-refractivity contribution in [2.45, 2.75) is 30.2 Å². The number of nitriles is 1. The largest absolute Gasteiger partial charge is 0.497 e. The monoisotopic (exact) mass is 325 g/mol. The summed E-state index contributed by atoms with van der Waals surface area (Å²) in [5, 5.41) is 19.8. The summed E-state index contributed by atoms with van der Waals surface area (Å²) < 4.78 is 31.5. The number of nitro groups is 1. The number of ether oxygens (including phenoxy) is 1. The zero-order valence-electron chi connectivity index (χ0n) is 11.9. The maximum Gasteiger partial charge on any atom is 0.293 e.